The van der Waals surface area contributed by atoms with Crippen molar-refractivity contribution in [1.29, 1.82) is 0 Å². The van der Waals surface area contributed by atoms with Gasteiger partial charge in [-0.1, -0.05) is 48.5 Å². The van der Waals surface area contributed by atoms with E-state index in [2.05, 4.69) is 50.9 Å². The molecule has 1 aliphatic rings. The summed E-state index contributed by atoms with van der Waals surface area (Å²) in [5.41, 5.74) is 5.38. The summed E-state index contributed by atoms with van der Waals surface area (Å²) in [6.07, 6.45) is 7.91. The van der Waals surface area contributed by atoms with Gasteiger partial charge in [-0.3, -0.25) is 4.79 Å². The van der Waals surface area contributed by atoms with Gasteiger partial charge >= 0.3 is 0 Å². The van der Waals surface area contributed by atoms with Crippen molar-refractivity contribution in [3.05, 3.63) is 96.1 Å². The van der Waals surface area contributed by atoms with Gasteiger partial charge in [-0.05, 0) is 48.6 Å². The van der Waals surface area contributed by atoms with Crippen LogP contribution in [-0.4, -0.2) is 43.4 Å². The third-order valence-corrected chi connectivity index (χ3v) is 7.20. The number of aromatic amines is 1. The van der Waals surface area contributed by atoms with Gasteiger partial charge in [0.05, 0.1) is 6.42 Å². The Morgan fingerprint density at radius 3 is 2.60 bits per heavy atom. The summed E-state index contributed by atoms with van der Waals surface area (Å²) >= 11 is 0. The number of rotatable bonds is 6. The predicted octanol–water partition coefficient (Wildman–Crippen LogP) is 5.10. The second-order valence-electron chi connectivity index (χ2n) is 9.38. The van der Waals surface area contributed by atoms with Crippen molar-refractivity contribution in [2.45, 2.75) is 38.1 Å². The van der Waals surface area contributed by atoms with Gasteiger partial charge in [0.15, 0.2) is 5.65 Å². The zero-order valence-corrected chi connectivity index (χ0v) is 19.7. The van der Waals surface area contributed by atoms with Crippen molar-refractivity contribution >= 4 is 28.0 Å². The SMILES string of the molecule is O=C(Cc1c[nH]c2ccccc12)N1CCC(n2c(CCc3ccccc3)nc3cccnc32)CC1. The molecule has 0 saturated carbocycles. The Balaban J connectivity index is 1.17. The molecule has 1 saturated heterocycles. The summed E-state index contributed by atoms with van der Waals surface area (Å²) < 4.78 is 2.35. The normalized spacial score (nSPS) is 14.7. The lowest BCUT2D eigenvalue weighted by molar-refractivity contribution is -0.131. The van der Waals surface area contributed by atoms with Crippen molar-refractivity contribution in [3.8, 4) is 0 Å². The highest BCUT2D eigenvalue weighted by molar-refractivity contribution is 5.89. The first-order chi connectivity index (χ1) is 17.3. The quantitative estimate of drug-likeness (QED) is 0.381. The lowest BCUT2D eigenvalue weighted by Crippen LogP contribution is -2.40. The molecule has 0 aliphatic carbocycles. The number of aromatic nitrogens is 4. The average molecular weight is 464 g/mol. The van der Waals surface area contributed by atoms with Crippen LogP contribution in [0.1, 0.15) is 35.8 Å². The van der Waals surface area contributed by atoms with Gasteiger partial charge in [-0.2, -0.15) is 0 Å². The number of nitrogens with zero attached hydrogens (tertiary/aromatic N) is 4. The molecule has 35 heavy (non-hydrogen) atoms. The first-order valence-corrected chi connectivity index (χ1v) is 12.4. The molecule has 2 aromatic carbocycles. The number of amides is 1. The van der Waals surface area contributed by atoms with Crippen LogP contribution in [0.15, 0.2) is 79.1 Å². The van der Waals surface area contributed by atoms with Crippen LogP contribution < -0.4 is 0 Å². The number of hydrogen-bond donors (Lipinski definition) is 1. The standard InChI is InChI=1S/C29H29N5O/c35-28(19-22-20-31-25-10-5-4-9-24(22)25)33-17-14-23(15-18-33)34-27(13-12-21-7-2-1-3-8-21)32-26-11-6-16-30-29(26)34/h1-11,16,20,23,31H,12-15,17-19H2. The number of nitrogens with one attached hydrogen (secondary N) is 1. The average Bonchev–Trinajstić information content (AvgIpc) is 3.49. The lowest BCUT2D eigenvalue weighted by atomic mass is 10.0. The molecule has 4 heterocycles. The third-order valence-electron chi connectivity index (χ3n) is 7.20. The van der Waals surface area contributed by atoms with Crippen molar-refractivity contribution in [1.82, 2.24) is 24.4 Å². The number of pyridine rings is 1. The number of para-hydroxylation sites is 1. The molecule has 0 unspecified atom stereocenters. The van der Waals surface area contributed by atoms with Gasteiger partial charge in [0.2, 0.25) is 5.91 Å². The molecule has 0 radical (unpaired) electrons. The highest BCUT2D eigenvalue weighted by atomic mass is 16.2. The molecule has 1 aliphatic heterocycles. The third kappa shape index (κ3) is 4.32. The van der Waals surface area contributed by atoms with Gasteiger partial charge in [0.25, 0.3) is 0 Å². The highest BCUT2D eigenvalue weighted by Gasteiger charge is 2.27. The minimum absolute atomic E-state index is 0.200. The number of aryl methyl sites for hydroxylation is 2. The van der Waals surface area contributed by atoms with E-state index in [-0.39, 0.29) is 5.91 Å². The summed E-state index contributed by atoms with van der Waals surface area (Å²) in [7, 11) is 0. The molecule has 6 heteroatoms. The minimum Gasteiger partial charge on any atom is -0.361 e. The van der Waals surface area contributed by atoms with E-state index in [4.69, 9.17) is 4.98 Å². The highest BCUT2D eigenvalue weighted by Crippen LogP contribution is 2.29. The second kappa shape index (κ2) is 9.37. The molecule has 6 nitrogen and oxygen atoms in total. The molecule has 0 bridgehead atoms. The van der Waals surface area contributed by atoms with Gasteiger partial charge in [-0.15, -0.1) is 0 Å². The molecule has 1 N–H and O–H groups in total. The van der Waals surface area contributed by atoms with E-state index in [0.29, 0.717) is 12.5 Å². The largest absolute Gasteiger partial charge is 0.361 e. The second-order valence-corrected chi connectivity index (χ2v) is 9.38. The van der Waals surface area contributed by atoms with Crippen LogP contribution in [-0.2, 0) is 24.1 Å². The number of hydrogen-bond acceptors (Lipinski definition) is 3. The van der Waals surface area contributed by atoms with E-state index in [9.17, 15) is 4.79 Å². The van der Waals surface area contributed by atoms with Crippen LogP contribution in [0.4, 0.5) is 0 Å². The number of carbonyl (C=O) groups excluding carboxylic acids is 1. The molecule has 1 amide bonds. The number of fused-ring (bicyclic) bond motifs is 2. The molecular weight excluding hydrogens is 434 g/mol. The molecule has 0 spiro atoms. The topological polar surface area (TPSA) is 66.8 Å². The van der Waals surface area contributed by atoms with Crippen molar-refractivity contribution in [2.75, 3.05) is 13.1 Å². The Bertz CT molecular complexity index is 1460. The molecule has 5 aromatic rings. The first kappa shape index (κ1) is 21.6. The van der Waals surface area contributed by atoms with Crippen LogP contribution >= 0.6 is 0 Å². The predicted molar refractivity (Wildman–Crippen MR) is 138 cm³/mol. The Kier molecular flexibility index (Phi) is 5.78. The molecule has 6 rings (SSSR count). The smallest absolute Gasteiger partial charge is 0.227 e. The van der Waals surface area contributed by atoms with Gasteiger partial charge in [0, 0.05) is 48.8 Å². The van der Waals surface area contributed by atoms with Crippen LogP contribution in [0.5, 0.6) is 0 Å². The number of likely N-dealkylation sites (tertiary alicyclic amines) is 1. The number of benzene rings is 2. The van der Waals surface area contributed by atoms with Crippen molar-refractivity contribution in [3.63, 3.8) is 0 Å². The maximum absolute atomic E-state index is 13.1. The Morgan fingerprint density at radius 1 is 0.943 bits per heavy atom. The summed E-state index contributed by atoms with van der Waals surface area (Å²) in [5, 5.41) is 1.13. The van der Waals surface area contributed by atoms with Gasteiger partial charge in [0.1, 0.15) is 11.3 Å². The molecular formula is C29H29N5O. The van der Waals surface area contributed by atoms with Gasteiger partial charge < -0.3 is 14.5 Å². The van der Waals surface area contributed by atoms with E-state index in [1.807, 2.05) is 47.6 Å². The van der Waals surface area contributed by atoms with Crippen LogP contribution in [0, 0.1) is 0 Å². The summed E-state index contributed by atoms with van der Waals surface area (Å²) in [6, 6.07) is 23.0. The number of piperidine rings is 1. The summed E-state index contributed by atoms with van der Waals surface area (Å²) in [5.74, 6) is 1.29. The zero-order chi connectivity index (χ0) is 23.6. The van der Waals surface area contributed by atoms with E-state index in [1.165, 1.54) is 5.56 Å². The van der Waals surface area contributed by atoms with E-state index < -0.39 is 0 Å². The Hall–Kier alpha value is -3.93. The van der Waals surface area contributed by atoms with E-state index in [1.54, 1.807) is 0 Å². The van der Waals surface area contributed by atoms with E-state index >= 15 is 0 Å². The van der Waals surface area contributed by atoms with Crippen LogP contribution in [0.25, 0.3) is 22.1 Å². The fourth-order valence-electron chi connectivity index (χ4n) is 5.36. The molecule has 0 atom stereocenters. The number of carbonyl (C=O) groups is 1. The Morgan fingerprint density at radius 2 is 1.74 bits per heavy atom. The number of imidazole rings is 1. The molecule has 1 fully saturated rings. The maximum atomic E-state index is 13.1. The fourth-order valence-corrected chi connectivity index (χ4v) is 5.36. The first-order valence-electron chi connectivity index (χ1n) is 12.4. The zero-order valence-electron chi connectivity index (χ0n) is 19.7. The van der Waals surface area contributed by atoms with Crippen molar-refractivity contribution in [2.24, 2.45) is 0 Å². The van der Waals surface area contributed by atoms with E-state index in [0.717, 1.165) is 72.2 Å². The molecule has 3 aromatic heterocycles. The summed E-state index contributed by atoms with van der Waals surface area (Å²) in [6.45, 7) is 1.52. The number of H-pyrrole nitrogens is 1. The van der Waals surface area contributed by atoms with Gasteiger partial charge in [-0.25, -0.2) is 9.97 Å². The van der Waals surface area contributed by atoms with Crippen LogP contribution in [0.2, 0.25) is 0 Å². The minimum atomic E-state index is 0.200. The molecule has 176 valence electrons. The van der Waals surface area contributed by atoms with Crippen molar-refractivity contribution < 1.29 is 4.79 Å². The lowest BCUT2D eigenvalue weighted by Gasteiger charge is -2.33. The maximum Gasteiger partial charge on any atom is 0.227 e. The fraction of sp³-hybridized carbons (Fsp3) is 0.276. The summed E-state index contributed by atoms with van der Waals surface area (Å²) in [4.78, 5) is 28.1. The van der Waals surface area contributed by atoms with Crippen LogP contribution in [0.3, 0.4) is 0 Å². The Labute approximate surface area is 204 Å². The monoisotopic (exact) mass is 463 g/mol.